The van der Waals surface area contributed by atoms with E-state index in [0.717, 1.165) is 31.1 Å². The minimum atomic E-state index is -0.164. The fourth-order valence-corrected chi connectivity index (χ4v) is 4.53. The molecular weight excluding hydrogens is 236 g/mol. The number of amides is 1. The summed E-state index contributed by atoms with van der Waals surface area (Å²) in [7, 11) is 0. The highest BCUT2D eigenvalue weighted by atomic mass is 16.2. The summed E-state index contributed by atoms with van der Waals surface area (Å²) in [5, 5.41) is 3.74. The molecular formula is C16H26N2O. The monoisotopic (exact) mass is 262 g/mol. The number of nitrogens with one attached hydrogen (secondary N) is 1. The lowest BCUT2D eigenvalue weighted by molar-refractivity contribution is -0.136. The molecule has 3 aliphatic carbocycles. The van der Waals surface area contributed by atoms with Gasteiger partial charge in [0.15, 0.2) is 0 Å². The Labute approximate surface area is 116 Å². The maximum Gasteiger partial charge on any atom is 0.244 e. The zero-order chi connectivity index (χ0) is 13.0. The van der Waals surface area contributed by atoms with Crippen molar-refractivity contribution in [2.75, 3.05) is 0 Å². The van der Waals surface area contributed by atoms with Crippen molar-refractivity contribution in [1.29, 1.82) is 0 Å². The molecule has 1 amide bonds. The molecule has 3 nitrogen and oxygen atoms in total. The number of carbonyl (C=O) groups excluding carboxylic acids is 1. The maximum atomic E-state index is 13.1. The van der Waals surface area contributed by atoms with E-state index in [1.54, 1.807) is 0 Å². The average molecular weight is 262 g/mol. The van der Waals surface area contributed by atoms with Crippen LogP contribution in [0, 0.1) is 11.8 Å². The lowest BCUT2D eigenvalue weighted by Crippen LogP contribution is -2.47. The molecule has 1 atom stereocenters. The Morgan fingerprint density at radius 1 is 1.21 bits per heavy atom. The van der Waals surface area contributed by atoms with E-state index in [2.05, 4.69) is 17.1 Å². The van der Waals surface area contributed by atoms with Crippen LogP contribution in [0.5, 0.6) is 0 Å². The summed E-state index contributed by atoms with van der Waals surface area (Å²) in [5.41, 5.74) is -0.164. The van der Waals surface area contributed by atoms with E-state index >= 15 is 0 Å². The Hall–Kier alpha value is -0.570. The molecule has 1 N–H and O–H groups in total. The van der Waals surface area contributed by atoms with E-state index in [4.69, 9.17) is 0 Å². The van der Waals surface area contributed by atoms with Crippen LogP contribution >= 0.6 is 0 Å². The van der Waals surface area contributed by atoms with Crippen LogP contribution < -0.4 is 5.32 Å². The van der Waals surface area contributed by atoms with Crippen LogP contribution in [-0.4, -0.2) is 28.6 Å². The van der Waals surface area contributed by atoms with Gasteiger partial charge in [-0.1, -0.05) is 19.8 Å². The van der Waals surface area contributed by atoms with Crippen molar-refractivity contribution >= 4 is 5.91 Å². The Bertz CT molecular complexity index is 368. The van der Waals surface area contributed by atoms with E-state index < -0.39 is 0 Å². The maximum absolute atomic E-state index is 13.1. The molecule has 1 saturated heterocycles. The molecule has 3 saturated carbocycles. The van der Waals surface area contributed by atoms with E-state index in [1.807, 2.05) is 0 Å². The van der Waals surface area contributed by atoms with E-state index in [0.29, 0.717) is 18.1 Å². The molecule has 1 unspecified atom stereocenters. The summed E-state index contributed by atoms with van der Waals surface area (Å²) in [6, 6.07) is 0.574. The minimum absolute atomic E-state index is 0.164. The van der Waals surface area contributed by atoms with Gasteiger partial charge >= 0.3 is 0 Å². The van der Waals surface area contributed by atoms with Gasteiger partial charge in [-0.25, -0.2) is 0 Å². The fourth-order valence-electron chi connectivity index (χ4n) is 4.53. The van der Waals surface area contributed by atoms with Crippen LogP contribution in [0.15, 0.2) is 0 Å². The third-order valence-corrected chi connectivity index (χ3v) is 5.80. The quantitative estimate of drug-likeness (QED) is 0.845. The zero-order valence-corrected chi connectivity index (χ0v) is 12.0. The number of carbonyl (C=O) groups is 1. The van der Waals surface area contributed by atoms with Crippen molar-refractivity contribution in [1.82, 2.24) is 10.2 Å². The Kier molecular flexibility index (Phi) is 2.70. The van der Waals surface area contributed by atoms with Crippen molar-refractivity contribution in [3.05, 3.63) is 0 Å². The van der Waals surface area contributed by atoms with Crippen LogP contribution in [-0.2, 0) is 4.79 Å². The molecule has 1 aliphatic heterocycles. The third-order valence-electron chi connectivity index (χ3n) is 5.80. The lowest BCUT2D eigenvalue weighted by Gasteiger charge is -2.33. The van der Waals surface area contributed by atoms with Gasteiger partial charge in [-0.3, -0.25) is 10.1 Å². The van der Waals surface area contributed by atoms with Gasteiger partial charge < -0.3 is 4.90 Å². The van der Waals surface area contributed by atoms with Crippen LogP contribution in [0.3, 0.4) is 0 Å². The molecule has 1 spiro atoms. The van der Waals surface area contributed by atoms with Crippen LogP contribution in [0.25, 0.3) is 0 Å². The second kappa shape index (κ2) is 4.21. The fraction of sp³-hybridized carbons (Fsp3) is 0.938. The highest BCUT2D eigenvalue weighted by Gasteiger charge is 2.57. The predicted molar refractivity (Wildman–Crippen MR) is 74.5 cm³/mol. The molecule has 4 rings (SSSR count). The van der Waals surface area contributed by atoms with E-state index in [1.165, 1.54) is 38.5 Å². The molecule has 0 aromatic carbocycles. The van der Waals surface area contributed by atoms with Gasteiger partial charge in [0.05, 0.1) is 11.7 Å². The molecule has 4 aliphatic rings. The number of rotatable bonds is 4. The van der Waals surface area contributed by atoms with Crippen molar-refractivity contribution in [2.24, 2.45) is 11.8 Å². The second-order valence-electron chi connectivity index (χ2n) is 7.24. The molecule has 0 radical (unpaired) electrons. The first-order valence-corrected chi connectivity index (χ1v) is 8.35. The van der Waals surface area contributed by atoms with Crippen LogP contribution in [0.4, 0.5) is 0 Å². The summed E-state index contributed by atoms with van der Waals surface area (Å²) >= 11 is 0. The average Bonchev–Trinajstić information content (AvgIpc) is 3.34. The molecule has 0 aromatic rings. The first kappa shape index (κ1) is 12.2. The van der Waals surface area contributed by atoms with Gasteiger partial charge in [0.1, 0.15) is 0 Å². The molecule has 3 heteroatoms. The number of hydrogen-bond donors (Lipinski definition) is 1. The number of nitrogens with zero attached hydrogens (tertiary/aromatic N) is 1. The van der Waals surface area contributed by atoms with Gasteiger partial charge in [-0.05, 0) is 56.8 Å². The normalized spacial score (nSPS) is 33.9. The topological polar surface area (TPSA) is 32.3 Å². The van der Waals surface area contributed by atoms with E-state index in [9.17, 15) is 4.79 Å². The smallest absolute Gasteiger partial charge is 0.244 e. The van der Waals surface area contributed by atoms with Crippen molar-refractivity contribution in [2.45, 2.75) is 82.5 Å². The van der Waals surface area contributed by atoms with Gasteiger partial charge in [-0.2, -0.15) is 0 Å². The van der Waals surface area contributed by atoms with Gasteiger partial charge in [0, 0.05) is 6.04 Å². The molecule has 0 bridgehead atoms. The summed E-state index contributed by atoms with van der Waals surface area (Å²) < 4.78 is 0. The van der Waals surface area contributed by atoms with Crippen molar-refractivity contribution < 1.29 is 4.79 Å². The second-order valence-corrected chi connectivity index (χ2v) is 7.24. The number of hydrogen-bond acceptors (Lipinski definition) is 2. The Balaban J connectivity index is 1.63. The largest absolute Gasteiger partial charge is 0.322 e. The summed E-state index contributed by atoms with van der Waals surface area (Å²) in [5.74, 6) is 2.10. The highest BCUT2D eigenvalue weighted by molar-refractivity contribution is 5.89. The first-order valence-electron chi connectivity index (χ1n) is 8.35. The molecule has 4 fully saturated rings. The summed E-state index contributed by atoms with van der Waals surface area (Å²) in [4.78, 5) is 15.4. The lowest BCUT2D eigenvalue weighted by atomic mass is 9.96. The SMILES string of the molecule is CCC1NC2(CCCC2)C(=O)N1C(C1CC1)C1CC1. The predicted octanol–water partition coefficient (Wildman–Crippen LogP) is 2.66. The van der Waals surface area contributed by atoms with Gasteiger partial charge in [-0.15, -0.1) is 0 Å². The van der Waals surface area contributed by atoms with Crippen molar-refractivity contribution in [3.63, 3.8) is 0 Å². The van der Waals surface area contributed by atoms with Gasteiger partial charge in [0.25, 0.3) is 0 Å². The molecule has 0 aromatic heterocycles. The standard InChI is InChI=1S/C16H26N2O/c1-2-13-17-16(9-3-4-10-16)15(19)18(13)14(11-5-6-11)12-7-8-12/h11-14,17H,2-10H2,1H3. The first-order chi connectivity index (χ1) is 9.25. The molecule has 106 valence electrons. The highest BCUT2D eigenvalue weighted by Crippen LogP contribution is 2.50. The van der Waals surface area contributed by atoms with Crippen LogP contribution in [0.2, 0.25) is 0 Å². The van der Waals surface area contributed by atoms with Gasteiger partial charge in [0.2, 0.25) is 5.91 Å². The minimum Gasteiger partial charge on any atom is -0.322 e. The third kappa shape index (κ3) is 1.84. The van der Waals surface area contributed by atoms with Crippen LogP contribution in [0.1, 0.15) is 64.7 Å². The molecule has 1 heterocycles. The summed E-state index contributed by atoms with van der Waals surface area (Å²) in [6.07, 6.45) is 11.4. The van der Waals surface area contributed by atoms with Crippen molar-refractivity contribution in [3.8, 4) is 0 Å². The zero-order valence-electron chi connectivity index (χ0n) is 12.0. The molecule has 19 heavy (non-hydrogen) atoms. The summed E-state index contributed by atoms with van der Waals surface area (Å²) in [6.45, 7) is 2.22. The Morgan fingerprint density at radius 3 is 2.26 bits per heavy atom. The van der Waals surface area contributed by atoms with E-state index in [-0.39, 0.29) is 5.54 Å². The Morgan fingerprint density at radius 2 is 1.79 bits per heavy atom.